The minimum absolute atomic E-state index is 0.215. The number of hydrogen-bond acceptors (Lipinski definition) is 5. The quantitative estimate of drug-likeness (QED) is 0.762. The molecule has 4 saturated carbocycles. The van der Waals surface area contributed by atoms with Crippen LogP contribution in [0.25, 0.3) is 5.69 Å². The number of amides is 1. The zero-order valence-electron chi connectivity index (χ0n) is 16.4. The topological polar surface area (TPSA) is 86.1 Å². The van der Waals surface area contributed by atoms with Crippen LogP contribution in [0.4, 0.5) is 0 Å². The van der Waals surface area contributed by atoms with Gasteiger partial charge in [-0.3, -0.25) is 4.79 Å². The lowest BCUT2D eigenvalue weighted by atomic mass is 9.49. The summed E-state index contributed by atoms with van der Waals surface area (Å²) in [6, 6.07) is 6.84. The van der Waals surface area contributed by atoms with Crippen LogP contribution < -0.4 is 5.32 Å². The van der Waals surface area contributed by atoms with Gasteiger partial charge in [-0.2, -0.15) is 5.10 Å². The van der Waals surface area contributed by atoms with E-state index in [-0.39, 0.29) is 17.9 Å². The molecule has 2 aromatic rings. The molecule has 6 rings (SSSR count). The lowest BCUT2D eigenvalue weighted by Crippen LogP contribution is -2.51. The van der Waals surface area contributed by atoms with Crippen molar-refractivity contribution < 1.29 is 14.3 Å². The molecule has 0 saturated heterocycles. The number of carbonyl (C=O) groups excluding carboxylic acids is 2. The van der Waals surface area contributed by atoms with Crippen LogP contribution in [0, 0.1) is 23.2 Å². The zero-order chi connectivity index (χ0) is 19.8. The molecule has 4 fully saturated rings. The molecule has 0 unspecified atom stereocenters. The van der Waals surface area contributed by atoms with Crippen molar-refractivity contribution in [3.63, 3.8) is 0 Å². The number of rotatable bonds is 6. The van der Waals surface area contributed by atoms with Crippen LogP contribution in [0.2, 0.25) is 0 Å². The summed E-state index contributed by atoms with van der Waals surface area (Å²) in [5.74, 6) is 1.86. The van der Waals surface area contributed by atoms with Gasteiger partial charge in [0.05, 0.1) is 11.3 Å². The van der Waals surface area contributed by atoms with E-state index in [9.17, 15) is 9.59 Å². The monoisotopic (exact) mass is 394 g/mol. The fraction of sp³-hybridized carbons (Fsp3) is 0.545. The molecule has 4 aliphatic carbocycles. The first kappa shape index (κ1) is 18.3. The van der Waals surface area contributed by atoms with Crippen molar-refractivity contribution in [3.8, 4) is 5.69 Å². The van der Waals surface area contributed by atoms with Gasteiger partial charge >= 0.3 is 5.97 Å². The molecule has 7 nitrogen and oxygen atoms in total. The zero-order valence-corrected chi connectivity index (χ0v) is 16.4. The predicted octanol–water partition coefficient (Wildman–Crippen LogP) is 2.76. The number of nitrogens with zero attached hydrogens (tertiary/aromatic N) is 3. The third-order valence-corrected chi connectivity index (χ3v) is 6.95. The van der Waals surface area contributed by atoms with Crippen molar-refractivity contribution in [3.05, 3.63) is 42.5 Å². The Morgan fingerprint density at radius 1 is 1.07 bits per heavy atom. The Morgan fingerprint density at radius 3 is 2.31 bits per heavy atom. The van der Waals surface area contributed by atoms with Crippen molar-refractivity contribution >= 4 is 11.9 Å². The largest absolute Gasteiger partial charge is 0.452 e. The Labute approximate surface area is 169 Å². The van der Waals surface area contributed by atoms with Crippen LogP contribution in [0.1, 0.15) is 48.9 Å². The van der Waals surface area contributed by atoms with Gasteiger partial charge in [0.25, 0.3) is 5.91 Å². The predicted molar refractivity (Wildman–Crippen MR) is 105 cm³/mol. The molecule has 152 valence electrons. The van der Waals surface area contributed by atoms with Crippen molar-refractivity contribution in [1.82, 2.24) is 20.1 Å². The average Bonchev–Trinajstić information content (AvgIpc) is 3.24. The fourth-order valence-corrected chi connectivity index (χ4v) is 6.15. The molecule has 0 aliphatic heterocycles. The maximum atomic E-state index is 12.3. The molecule has 4 bridgehead atoms. The third kappa shape index (κ3) is 3.78. The molecule has 4 aliphatic rings. The molecule has 1 amide bonds. The number of nitrogens with one attached hydrogen (secondary N) is 1. The van der Waals surface area contributed by atoms with Gasteiger partial charge in [-0.15, -0.1) is 0 Å². The van der Waals surface area contributed by atoms with Crippen LogP contribution >= 0.6 is 0 Å². The molecule has 1 heterocycles. The van der Waals surface area contributed by atoms with Gasteiger partial charge in [0.1, 0.15) is 12.7 Å². The summed E-state index contributed by atoms with van der Waals surface area (Å²) in [6.45, 7) is 0.482. The van der Waals surface area contributed by atoms with E-state index in [1.165, 1.54) is 44.9 Å². The van der Waals surface area contributed by atoms with Crippen molar-refractivity contribution in [1.29, 1.82) is 0 Å². The van der Waals surface area contributed by atoms with E-state index in [2.05, 4.69) is 15.4 Å². The number of ether oxygens (including phenoxy) is 1. The van der Waals surface area contributed by atoms with Gasteiger partial charge < -0.3 is 10.1 Å². The summed E-state index contributed by atoms with van der Waals surface area (Å²) in [5.41, 5.74) is 1.49. The van der Waals surface area contributed by atoms with E-state index in [0.29, 0.717) is 5.56 Å². The lowest BCUT2D eigenvalue weighted by Gasteiger charge is -2.56. The summed E-state index contributed by atoms with van der Waals surface area (Å²) in [7, 11) is 0. The van der Waals surface area contributed by atoms with E-state index in [4.69, 9.17) is 4.74 Å². The maximum Gasteiger partial charge on any atom is 0.338 e. The molecular formula is C22H26N4O3. The second-order valence-corrected chi connectivity index (χ2v) is 9.16. The molecular weight excluding hydrogens is 368 g/mol. The molecule has 29 heavy (non-hydrogen) atoms. The highest BCUT2D eigenvalue weighted by Crippen LogP contribution is 2.59. The summed E-state index contributed by atoms with van der Waals surface area (Å²) in [4.78, 5) is 28.4. The third-order valence-electron chi connectivity index (χ3n) is 6.95. The first-order valence-corrected chi connectivity index (χ1v) is 10.5. The lowest BCUT2D eigenvalue weighted by molar-refractivity contribution is -0.126. The highest BCUT2D eigenvalue weighted by atomic mass is 16.5. The van der Waals surface area contributed by atoms with Crippen molar-refractivity contribution in [2.75, 3.05) is 13.2 Å². The minimum atomic E-state index is -0.500. The molecule has 1 N–H and O–H groups in total. The Balaban J connectivity index is 1.11. The van der Waals surface area contributed by atoms with Gasteiger partial charge in [0.15, 0.2) is 6.61 Å². The minimum Gasteiger partial charge on any atom is -0.452 e. The molecule has 7 heteroatoms. The van der Waals surface area contributed by atoms with Crippen LogP contribution in [0.3, 0.4) is 0 Å². The number of carbonyl (C=O) groups is 2. The highest BCUT2D eigenvalue weighted by Gasteiger charge is 2.50. The van der Waals surface area contributed by atoms with Gasteiger partial charge in [-0.1, -0.05) is 0 Å². The normalized spacial score (nSPS) is 29.6. The number of aromatic nitrogens is 3. The summed E-state index contributed by atoms with van der Waals surface area (Å²) >= 11 is 0. The first-order valence-electron chi connectivity index (χ1n) is 10.5. The number of esters is 1. The molecule has 0 radical (unpaired) electrons. The van der Waals surface area contributed by atoms with Crippen LogP contribution in [0.15, 0.2) is 36.9 Å². The summed E-state index contributed by atoms with van der Waals surface area (Å²) < 4.78 is 6.81. The molecule has 0 spiro atoms. The second-order valence-electron chi connectivity index (χ2n) is 9.16. The van der Waals surface area contributed by atoms with Gasteiger partial charge in [0, 0.05) is 6.54 Å². The van der Waals surface area contributed by atoms with E-state index < -0.39 is 5.97 Å². The standard InChI is InChI=1S/C22H26N4O3/c27-20(24-12-22-8-15-5-16(9-22)7-17(6-15)10-22)11-29-21(28)18-1-3-19(4-2-18)26-14-23-13-25-26/h1-4,13-17H,5-12H2,(H,24,27). The van der Waals surface area contributed by atoms with Crippen molar-refractivity contribution in [2.45, 2.75) is 38.5 Å². The van der Waals surface area contributed by atoms with Gasteiger partial charge in [0.2, 0.25) is 0 Å². The van der Waals surface area contributed by atoms with Crippen LogP contribution in [-0.4, -0.2) is 39.8 Å². The number of hydrogen-bond donors (Lipinski definition) is 1. The van der Waals surface area contributed by atoms with Crippen LogP contribution in [-0.2, 0) is 9.53 Å². The molecule has 1 aromatic carbocycles. The van der Waals surface area contributed by atoms with E-state index in [0.717, 1.165) is 30.0 Å². The fourth-order valence-electron chi connectivity index (χ4n) is 6.15. The van der Waals surface area contributed by atoms with Gasteiger partial charge in [-0.25, -0.2) is 14.5 Å². The molecule has 0 atom stereocenters. The first-order chi connectivity index (χ1) is 14.1. The van der Waals surface area contributed by atoms with Crippen LogP contribution in [0.5, 0.6) is 0 Å². The Kier molecular flexibility index (Phi) is 4.60. The summed E-state index contributed by atoms with van der Waals surface area (Å²) in [5, 5.41) is 7.08. The van der Waals surface area contributed by atoms with E-state index in [1.54, 1.807) is 35.3 Å². The Bertz CT molecular complexity index is 856. The Morgan fingerprint density at radius 2 is 1.72 bits per heavy atom. The van der Waals surface area contributed by atoms with E-state index >= 15 is 0 Å². The summed E-state index contributed by atoms with van der Waals surface area (Å²) in [6.07, 6.45) is 10.9. The Hall–Kier alpha value is -2.70. The number of benzene rings is 1. The average molecular weight is 394 g/mol. The smallest absolute Gasteiger partial charge is 0.338 e. The van der Waals surface area contributed by atoms with Crippen molar-refractivity contribution in [2.24, 2.45) is 23.2 Å². The van der Waals surface area contributed by atoms with Gasteiger partial charge in [-0.05, 0) is 86.0 Å². The second kappa shape index (κ2) is 7.28. The SMILES string of the molecule is O=C(COC(=O)c1ccc(-n2cncn2)cc1)NCC12CC3CC(CC(C3)C1)C2. The van der Waals surface area contributed by atoms with E-state index in [1.807, 2.05) is 0 Å². The molecule has 1 aromatic heterocycles. The maximum absolute atomic E-state index is 12.3. The highest BCUT2D eigenvalue weighted by molar-refractivity contribution is 5.91.